The van der Waals surface area contributed by atoms with Crippen molar-refractivity contribution in [2.24, 2.45) is 0 Å². The van der Waals surface area contributed by atoms with Crippen molar-refractivity contribution in [3.05, 3.63) is 22.0 Å². The number of nitrogens with zero attached hydrogens (tertiary/aromatic N) is 4. The topological polar surface area (TPSA) is 100 Å². The molecule has 2 aromatic heterocycles. The van der Waals surface area contributed by atoms with Crippen LogP contribution in [0.4, 0.5) is 5.82 Å². The van der Waals surface area contributed by atoms with Gasteiger partial charge in [0.25, 0.3) is 0 Å². The minimum Gasteiger partial charge on any atom is -0.486 e. The average molecular weight is 512 g/mol. The van der Waals surface area contributed by atoms with Crippen molar-refractivity contribution in [2.45, 2.75) is 29.9 Å². The Morgan fingerprint density at radius 2 is 2.00 bits per heavy atom. The van der Waals surface area contributed by atoms with Crippen molar-refractivity contribution in [1.29, 1.82) is 0 Å². The second kappa shape index (κ2) is 8.70. The van der Waals surface area contributed by atoms with Crippen LogP contribution in [-0.4, -0.2) is 45.8 Å². The van der Waals surface area contributed by atoms with Crippen molar-refractivity contribution >= 4 is 51.3 Å². The van der Waals surface area contributed by atoms with E-state index in [-0.39, 0.29) is 0 Å². The average Bonchev–Trinajstić information content (AvgIpc) is 3.04. The summed E-state index contributed by atoms with van der Waals surface area (Å²) in [6.07, 6.45) is 2.58. The molecule has 0 unspecified atom stereocenters. The van der Waals surface area contributed by atoms with Gasteiger partial charge in [-0.25, -0.2) is 15.0 Å². The Kier molecular flexibility index (Phi) is 6.07. The first-order valence-corrected chi connectivity index (χ1v) is 11.0. The third-order valence-electron chi connectivity index (χ3n) is 4.26. The van der Waals surface area contributed by atoms with Gasteiger partial charge in [-0.3, -0.25) is 0 Å². The monoisotopic (exact) mass is 512 g/mol. The van der Waals surface area contributed by atoms with E-state index in [0.29, 0.717) is 24.5 Å². The number of hydrogen-bond donors (Lipinski definition) is 2. The Hall–Kier alpha value is -1.79. The number of fused-ring (bicyclic) bond motifs is 2. The van der Waals surface area contributed by atoms with Gasteiger partial charge in [-0.1, -0.05) is 18.7 Å². The van der Waals surface area contributed by atoms with Gasteiger partial charge in [0.1, 0.15) is 19.5 Å². The number of ether oxygens (including phenoxy) is 2. The van der Waals surface area contributed by atoms with Crippen molar-refractivity contribution in [2.75, 3.05) is 32.0 Å². The summed E-state index contributed by atoms with van der Waals surface area (Å²) in [6, 6.07) is 4.01. The SMILES string of the molecule is CCCNCCn1c(Sc2cc3c(cc2I)OCCO3)nc2c(N)ncnc21. The molecule has 10 heteroatoms. The summed E-state index contributed by atoms with van der Waals surface area (Å²) in [5.74, 6) is 1.94. The molecule has 148 valence electrons. The number of hydrogen-bond acceptors (Lipinski definition) is 8. The first-order valence-electron chi connectivity index (χ1n) is 9.11. The van der Waals surface area contributed by atoms with Crippen LogP contribution in [0.2, 0.25) is 0 Å². The van der Waals surface area contributed by atoms with Gasteiger partial charge in [0.05, 0.1) is 0 Å². The molecule has 3 N–H and O–H groups in total. The number of nitrogens with one attached hydrogen (secondary N) is 1. The summed E-state index contributed by atoms with van der Waals surface area (Å²) >= 11 is 3.88. The fourth-order valence-electron chi connectivity index (χ4n) is 2.93. The second-order valence-corrected chi connectivity index (χ2v) is 8.43. The molecule has 0 aliphatic carbocycles. The Balaban J connectivity index is 1.68. The van der Waals surface area contributed by atoms with Crippen LogP contribution in [-0.2, 0) is 6.54 Å². The zero-order valence-electron chi connectivity index (χ0n) is 15.4. The summed E-state index contributed by atoms with van der Waals surface area (Å²) < 4.78 is 14.6. The van der Waals surface area contributed by atoms with Crippen molar-refractivity contribution < 1.29 is 9.47 Å². The van der Waals surface area contributed by atoms with Gasteiger partial charge in [0.2, 0.25) is 0 Å². The third-order valence-corrected chi connectivity index (χ3v) is 6.57. The van der Waals surface area contributed by atoms with Gasteiger partial charge >= 0.3 is 0 Å². The van der Waals surface area contributed by atoms with E-state index in [1.54, 1.807) is 11.8 Å². The maximum absolute atomic E-state index is 6.04. The number of nitrogens with two attached hydrogens (primary N) is 1. The number of benzene rings is 1. The van der Waals surface area contributed by atoms with E-state index >= 15 is 0 Å². The standard InChI is InChI=1S/C18H21IN6O2S/c1-2-3-21-4-5-25-17-15(16(20)22-10-23-17)24-18(25)28-14-9-13-12(8-11(14)19)26-6-7-27-13/h8-10,21H,2-7H2,1H3,(H2,20,22,23). The highest BCUT2D eigenvalue weighted by Gasteiger charge is 2.20. The van der Waals surface area contributed by atoms with E-state index in [0.717, 1.165) is 56.8 Å². The van der Waals surface area contributed by atoms with E-state index in [4.69, 9.17) is 20.2 Å². The molecule has 8 nitrogen and oxygen atoms in total. The maximum atomic E-state index is 6.04. The zero-order valence-corrected chi connectivity index (χ0v) is 18.4. The van der Waals surface area contributed by atoms with Crippen molar-refractivity contribution in [3.8, 4) is 11.5 Å². The smallest absolute Gasteiger partial charge is 0.175 e. The van der Waals surface area contributed by atoms with Gasteiger partial charge in [-0.15, -0.1) is 0 Å². The molecule has 0 fully saturated rings. The van der Waals surface area contributed by atoms with Crippen LogP contribution in [0.5, 0.6) is 11.5 Å². The van der Waals surface area contributed by atoms with E-state index in [2.05, 4.69) is 49.4 Å². The van der Waals surface area contributed by atoms with E-state index in [1.807, 2.05) is 12.1 Å². The lowest BCUT2D eigenvalue weighted by Gasteiger charge is -2.19. The van der Waals surface area contributed by atoms with Gasteiger partial charge < -0.3 is 25.1 Å². The van der Waals surface area contributed by atoms with Gasteiger partial charge in [0.15, 0.2) is 33.6 Å². The first kappa shape index (κ1) is 19.5. The predicted molar refractivity (Wildman–Crippen MR) is 117 cm³/mol. The minimum atomic E-state index is 0.393. The zero-order chi connectivity index (χ0) is 19.5. The number of imidazole rings is 1. The molecule has 0 amide bonds. The Morgan fingerprint density at radius 1 is 1.21 bits per heavy atom. The van der Waals surface area contributed by atoms with Crippen LogP contribution < -0.4 is 20.5 Å². The molecule has 0 saturated carbocycles. The van der Waals surface area contributed by atoms with E-state index in [9.17, 15) is 0 Å². The summed E-state index contributed by atoms with van der Waals surface area (Å²) in [5, 5.41) is 4.25. The highest BCUT2D eigenvalue weighted by molar-refractivity contribution is 14.1. The molecule has 0 spiro atoms. The third kappa shape index (κ3) is 3.98. The van der Waals surface area contributed by atoms with Gasteiger partial charge in [-0.2, -0.15) is 0 Å². The molecule has 1 aliphatic rings. The molecule has 1 aliphatic heterocycles. The fourth-order valence-corrected chi connectivity index (χ4v) is 4.64. The van der Waals surface area contributed by atoms with Gasteiger partial charge in [0, 0.05) is 21.6 Å². The molecule has 0 bridgehead atoms. The Labute approximate surface area is 180 Å². The molecule has 0 radical (unpaired) electrons. The van der Waals surface area contributed by atoms with E-state index < -0.39 is 0 Å². The number of aromatic nitrogens is 4. The van der Waals surface area contributed by atoms with Gasteiger partial charge in [-0.05, 0) is 47.7 Å². The summed E-state index contributed by atoms with van der Waals surface area (Å²) in [7, 11) is 0. The minimum absolute atomic E-state index is 0.393. The second-order valence-electron chi connectivity index (χ2n) is 6.26. The number of rotatable bonds is 7. The van der Waals surface area contributed by atoms with Crippen LogP contribution in [0, 0.1) is 3.57 Å². The Bertz CT molecular complexity index is 996. The molecule has 28 heavy (non-hydrogen) atoms. The van der Waals surface area contributed by atoms with Crippen LogP contribution in [0.15, 0.2) is 28.5 Å². The van der Waals surface area contributed by atoms with Crippen LogP contribution in [0.25, 0.3) is 11.2 Å². The summed E-state index contributed by atoms with van der Waals surface area (Å²) in [5.41, 5.74) is 7.42. The fraction of sp³-hybridized carbons (Fsp3) is 0.389. The molecule has 0 saturated heterocycles. The van der Waals surface area contributed by atoms with Crippen molar-refractivity contribution in [3.63, 3.8) is 0 Å². The summed E-state index contributed by atoms with van der Waals surface area (Å²) in [6.45, 7) is 5.84. The quantitative estimate of drug-likeness (QED) is 0.368. The van der Waals surface area contributed by atoms with Crippen LogP contribution in [0.3, 0.4) is 0 Å². The highest BCUT2D eigenvalue weighted by atomic mass is 127. The molecule has 0 atom stereocenters. The number of halogens is 1. The first-order chi connectivity index (χ1) is 13.7. The lowest BCUT2D eigenvalue weighted by molar-refractivity contribution is 0.171. The Morgan fingerprint density at radius 3 is 2.79 bits per heavy atom. The predicted octanol–water partition coefficient (Wildman–Crippen LogP) is 2.94. The molecule has 3 heterocycles. The lowest BCUT2D eigenvalue weighted by atomic mass is 10.3. The van der Waals surface area contributed by atoms with Crippen LogP contribution >= 0.6 is 34.4 Å². The maximum Gasteiger partial charge on any atom is 0.175 e. The highest BCUT2D eigenvalue weighted by Crippen LogP contribution is 2.40. The normalized spacial score (nSPS) is 13.2. The van der Waals surface area contributed by atoms with Crippen molar-refractivity contribution in [1.82, 2.24) is 24.8 Å². The molecule has 1 aromatic carbocycles. The number of nitrogen functional groups attached to an aromatic ring is 1. The molecule has 3 aromatic rings. The molecular formula is C18H21IN6O2S. The number of anilines is 1. The largest absolute Gasteiger partial charge is 0.486 e. The summed E-state index contributed by atoms with van der Waals surface area (Å²) in [4.78, 5) is 14.3. The van der Waals surface area contributed by atoms with E-state index in [1.165, 1.54) is 6.33 Å². The molecular weight excluding hydrogens is 491 g/mol. The lowest BCUT2D eigenvalue weighted by Crippen LogP contribution is -2.21. The molecule has 4 rings (SSSR count). The van der Waals surface area contributed by atoms with Crippen LogP contribution in [0.1, 0.15) is 13.3 Å².